The topological polar surface area (TPSA) is 60.9 Å². The molecular weight excluding hydrogens is 288 g/mol. The number of halogens is 1. The molecule has 0 saturated carbocycles. The molecule has 0 aliphatic rings. The van der Waals surface area contributed by atoms with Gasteiger partial charge < -0.3 is 5.11 Å². The first-order valence-electron chi connectivity index (χ1n) is 5.91. The second kappa shape index (κ2) is 7.21. The minimum atomic E-state index is -3.50. The third kappa shape index (κ3) is 4.74. The van der Waals surface area contributed by atoms with Gasteiger partial charge in [0.15, 0.2) is 0 Å². The highest BCUT2D eigenvalue weighted by Gasteiger charge is 2.23. The van der Waals surface area contributed by atoms with Crippen LogP contribution in [-0.2, 0) is 16.8 Å². The van der Waals surface area contributed by atoms with Crippen molar-refractivity contribution in [2.45, 2.75) is 13.0 Å². The lowest BCUT2D eigenvalue weighted by Gasteiger charge is -2.24. The Morgan fingerprint density at radius 2 is 1.74 bits per heavy atom. The van der Waals surface area contributed by atoms with Gasteiger partial charge in [-0.2, -0.15) is 17.0 Å². The number of hydrogen-bond acceptors (Lipinski definition) is 3. The lowest BCUT2D eigenvalue weighted by Crippen LogP contribution is -2.39. The maximum atomic E-state index is 12.2. The van der Waals surface area contributed by atoms with Crippen LogP contribution in [0.3, 0.4) is 0 Å². The van der Waals surface area contributed by atoms with E-state index in [4.69, 9.17) is 16.7 Å². The normalized spacial score (nSPS) is 12.3. The summed E-state index contributed by atoms with van der Waals surface area (Å²) < 4.78 is 26.8. The lowest BCUT2D eigenvalue weighted by molar-refractivity contribution is 0.272. The fourth-order valence-electron chi connectivity index (χ4n) is 1.58. The van der Waals surface area contributed by atoms with Gasteiger partial charge in [0.2, 0.25) is 0 Å². The molecule has 108 valence electrons. The summed E-state index contributed by atoms with van der Waals surface area (Å²) in [4.78, 5) is 0. The fourth-order valence-corrected chi connectivity index (χ4v) is 2.85. The fraction of sp³-hybridized carbons (Fsp3) is 0.500. The highest BCUT2D eigenvalue weighted by Crippen LogP contribution is 2.13. The minimum Gasteiger partial charge on any atom is -0.396 e. The zero-order valence-electron chi connectivity index (χ0n) is 11.1. The van der Waals surface area contributed by atoms with Crippen molar-refractivity contribution in [2.24, 2.45) is 0 Å². The van der Waals surface area contributed by atoms with Crippen molar-refractivity contribution >= 4 is 21.8 Å². The molecule has 0 spiro atoms. The summed E-state index contributed by atoms with van der Waals surface area (Å²) in [5, 5.41) is 9.35. The van der Waals surface area contributed by atoms with E-state index in [9.17, 15) is 8.42 Å². The Morgan fingerprint density at radius 1 is 1.16 bits per heavy atom. The number of aliphatic hydroxyl groups excluding tert-OH is 1. The molecule has 0 aliphatic carbocycles. The van der Waals surface area contributed by atoms with Crippen LogP contribution in [0.5, 0.6) is 0 Å². The molecule has 0 aliphatic heterocycles. The Bertz CT molecular complexity index is 490. The van der Waals surface area contributed by atoms with E-state index in [1.54, 1.807) is 24.3 Å². The van der Waals surface area contributed by atoms with Gasteiger partial charge in [0.25, 0.3) is 10.2 Å². The summed E-state index contributed by atoms with van der Waals surface area (Å²) in [6.45, 7) is 0.549. The number of benzene rings is 1. The maximum Gasteiger partial charge on any atom is 0.281 e. The maximum absolute atomic E-state index is 12.2. The Morgan fingerprint density at radius 3 is 2.26 bits per heavy atom. The Kier molecular flexibility index (Phi) is 6.22. The van der Waals surface area contributed by atoms with Crippen molar-refractivity contribution in [2.75, 3.05) is 27.2 Å². The second-order valence-corrected chi connectivity index (χ2v) is 6.87. The van der Waals surface area contributed by atoms with Crippen molar-refractivity contribution in [1.82, 2.24) is 8.61 Å². The van der Waals surface area contributed by atoms with Crippen LogP contribution >= 0.6 is 11.6 Å². The number of aliphatic hydroxyl groups is 1. The highest BCUT2D eigenvalue weighted by molar-refractivity contribution is 7.86. The summed E-state index contributed by atoms with van der Waals surface area (Å²) in [5.74, 6) is 0. The molecule has 0 aromatic heterocycles. The molecule has 1 rings (SSSR count). The highest BCUT2D eigenvalue weighted by atomic mass is 35.5. The number of rotatable bonds is 7. The number of hydrogen-bond donors (Lipinski definition) is 1. The van der Waals surface area contributed by atoms with E-state index in [0.717, 1.165) is 5.56 Å². The predicted molar refractivity (Wildman–Crippen MR) is 76.2 cm³/mol. The second-order valence-electron chi connectivity index (χ2n) is 4.29. The van der Waals surface area contributed by atoms with Crippen molar-refractivity contribution in [3.63, 3.8) is 0 Å². The van der Waals surface area contributed by atoms with Gasteiger partial charge in [0.05, 0.1) is 0 Å². The molecule has 1 aromatic carbocycles. The Balaban J connectivity index is 2.70. The largest absolute Gasteiger partial charge is 0.396 e. The van der Waals surface area contributed by atoms with Crippen LogP contribution < -0.4 is 0 Å². The molecule has 0 fully saturated rings. The van der Waals surface area contributed by atoms with Gasteiger partial charge in [0, 0.05) is 38.8 Å². The van der Waals surface area contributed by atoms with E-state index in [-0.39, 0.29) is 13.2 Å². The lowest BCUT2D eigenvalue weighted by atomic mass is 10.2. The summed E-state index contributed by atoms with van der Waals surface area (Å²) in [7, 11) is -0.466. The molecule has 0 amide bonds. The van der Waals surface area contributed by atoms with Crippen LogP contribution in [-0.4, -0.2) is 49.4 Å². The van der Waals surface area contributed by atoms with Crippen molar-refractivity contribution in [3.8, 4) is 0 Å². The van der Waals surface area contributed by atoms with E-state index in [0.29, 0.717) is 18.0 Å². The molecule has 5 nitrogen and oxygen atoms in total. The van der Waals surface area contributed by atoms with Gasteiger partial charge in [-0.1, -0.05) is 23.7 Å². The molecule has 0 unspecified atom stereocenters. The van der Waals surface area contributed by atoms with Crippen LogP contribution in [0.25, 0.3) is 0 Å². The third-order valence-corrected chi connectivity index (χ3v) is 4.88. The standard InChI is InChI=1S/C12H19ClN2O3S/c1-14(8-3-9-16)19(17,18)15(2)10-11-4-6-12(13)7-5-11/h4-7,16H,3,8-10H2,1-2H3. The van der Waals surface area contributed by atoms with Crippen LogP contribution in [0.1, 0.15) is 12.0 Å². The van der Waals surface area contributed by atoms with Crippen molar-refractivity contribution in [3.05, 3.63) is 34.9 Å². The molecule has 7 heteroatoms. The average Bonchev–Trinajstić information content (AvgIpc) is 2.38. The number of nitrogens with zero attached hydrogens (tertiary/aromatic N) is 2. The van der Waals surface area contributed by atoms with E-state index < -0.39 is 10.2 Å². The first-order chi connectivity index (χ1) is 8.87. The summed E-state index contributed by atoms with van der Waals surface area (Å²) in [6, 6.07) is 7.05. The van der Waals surface area contributed by atoms with Crippen LogP contribution in [0.4, 0.5) is 0 Å². The summed E-state index contributed by atoms with van der Waals surface area (Å²) in [5.41, 5.74) is 0.867. The quantitative estimate of drug-likeness (QED) is 0.827. The van der Waals surface area contributed by atoms with Crippen molar-refractivity contribution < 1.29 is 13.5 Å². The zero-order valence-corrected chi connectivity index (χ0v) is 12.7. The zero-order chi connectivity index (χ0) is 14.5. The molecule has 0 heterocycles. The van der Waals surface area contributed by atoms with Crippen molar-refractivity contribution in [1.29, 1.82) is 0 Å². The molecule has 0 saturated heterocycles. The van der Waals surface area contributed by atoms with E-state index in [1.807, 2.05) is 0 Å². The smallest absolute Gasteiger partial charge is 0.281 e. The Hall–Kier alpha value is -0.660. The van der Waals surface area contributed by atoms with Gasteiger partial charge in [0.1, 0.15) is 0 Å². The summed E-state index contributed by atoms with van der Waals surface area (Å²) in [6.07, 6.45) is 0.421. The summed E-state index contributed by atoms with van der Waals surface area (Å²) >= 11 is 5.78. The van der Waals surface area contributed by atoms with E-state index in [2.05, 4.69) is 0 Å². The monoisotopic (exact) mass is 306 g/mol. The Labute approximate surface area is 119 Å². The van der Waals surface area contributed by atoms with Crippen LogP contribution in [0.2, 0.25) is 5.02 Å². The predicted octanol–water partition coefficient (Wildman–Crippen LogP) is 1.33. The van der Waals surface area contributed by atoms with E-state index in [1.165, 1.54) is 22.7 Å². The van der Waals surface area contributed by atoms with Gasteiger partial charge in [-0.25, -0.2) is 0 Å². The van der Waals surface area contributed by atoms with Gasteiger partial charge in [-0.05, 0) is 24.1 Å². The van der Waals surface area contributed by atoms with Gasteiger partial charge in [-0.3, -0.25) is 0 Å². The molecule has 1 aromatic rings. The first kappa shape index (κ1) is 16.4. The third-order valence-electron chi connectivity index (χ3n) is 2.74. The first-order valence-corrected chi connectivity index (χ1v) is 7.68. The van der Waals surface area contributed by atoms with Crippen LogP contribution in [0, 0.1) is 0 Å². The van der Waals surface area contributed by atoms with Gasteiger partial charge >= 0.3 is 0 Å². The molecule has 0 radical (unpaired) electrons. The van der Waals surface area contributed by atoms with Gasteiger partial charge in [-0.15, -0.1) is 0 Å². The van der Waals surface area contributed by atoms with E-state index >= 15 is 0 Å². The molecular formula is C12H19ClN2O3S. The molecule has 19 heavy (non-hydrogen) atoms. The SMILES string of the molecule is CN(CCCO)S(=O)(=O)N(C)Cc1ccc(Cl)cc1. The van der Waals surface area contributed by atoms with Crippen LogP contribution in [0.15, 0.2) is 24.3 Å². The minimum absolute atomic E-state index is 0.0270. The molecule has 1 N–H and O–H groups in total. The molecule has 0 atom stereocenters. The molecule has 0 bridgehead atoms. The average molecular weight is 307 g/mol.